The highest BCUT2D eigenvalue weighted by molar-refractivity contribution is 9.26. The van der Waals surface area contributed by atoms with Crippen molar-refractivity contribution in [1.82, 2.24) is 12.6 Å². The normalized spacial score (nSPS) is 23.2. The molecule has 0 atom stereocenters. The maximum atomic E-state index is 3.37. The summed E-state index contributed by atoms with van der Waals surface area (Å²) in [5, 5.41) is 2.89. The van der Waals surface area contributed by atoms with Crippen molar-refractivity contribution in [1.29, 1.82) is 0 Å². The van der Waals surface area contributed by atoms with E-state index >= 15 is 0 Å². The van der Waals surface area contributed by atoms with Crippen LogP contribution in [-0.2, 0) is 0 Å². The second-order valence-electron chi connectivity index (χ2n) is 1.42. The molecule has 1 N–H and O–H groups in total. The number of nitrogens with zero attached hydrogens (tertiary/aromatic N) is 2. The molecule has 0 saturated carbocycles. The van der Waals surface area contributed by atoms with E-state index in [1.165, 1.54) is 0 Å². The van der Waals surface area contributed by atoms with Crippen LogP contribution < -0.4 is 5.14 Å². The summed E-state index contributed by atoms with van der Waals surface area (Å²) in [6.45, 7) is 0. The molecule has 1 rings (SSSR count). The molecular formula is HB3Br3N3. The molecular weight excluding hydrogens is 314 g/mol. The second-order valence-corrected chi connectivity index (χ2v) is 3.88. The third kappa shape index (κ3) is 2.23. The fourth-order valence-corrected chi connectivity index (χ4v) is 1.52. The van der Waals surface area contributed by atoms with E-state index in [0.29, 0.717) is 0 Å². The van der Waals surface area contributed by atoms with Crippen molar-refractivity contribution in [2.45, 2.75) is 0 Å². The van der Waals surface area contributed by atoms with Crippen molar-refractivity contribution in [3.8, 4) is 0 Å². The van der Waals surface area contributed by atoms with E-state index in [9.17, 15) is 0 Å². The summed E-state index contributed by atoms with van der Waals surface area (Å²) in [7, 11) is 3.58. The number of rotatable bonds is 0. The quantitative estimate of drug-likeness (QED) is 0.511. The van der Waals surface area contributed by atoms with E-state index in [1.807, 2.05) is 0 Å². The molecule has 0 aromatic carbocycles. The Kier molecular flexibility index (Phi) is 3.61. The van der Waals surface area contributed by atoms with Crippen LogP contribution in [0.5, 0.6) is 0 Å². The smallest absolute Gasteiger partial charge is 0.378 e. The number of nitrogens with one attached hydrogen (secondary N) is 1. The van der Waals surface area contributed by atoms with Crippen molar-refractivity contribution in [3.05, 3.63) is 0 Å². The Morgan fingerprint density at radius 1 is 1.22 bits per heavy atom. The van der Waals surface area contributed by atoms with E-state index in [1.54, 1.807) is 22.6 Å². The largest absolute Gasteiger partial charge is 0.389 e. The van der Waals surface area contributed by atoms with E-state index < -0.39 is 0 Å². The molecule has 0 aromatic heterocycles. The highest BCUT2D eigenvalue weighted by Crippen LogP contribution is 2.15. The van der Waals surface area contributed by atoms with Crippen molar-refractivity contribution < 1.29 is 0 Å². The summed E-state index contributed by atoms with van der Waals surface area (Å²) in [6.07, 6.45) is 0. The van der Waals surface area contributed by atoms with E-state index in [-0.39, 0.29) is 5.81 Å². The van der Waals surface area contributed by atoms with Gasteiger partial charge in [0.05, 0.1) is 0 Å². The third-order valence-corrected chi connectivity index (χ3v) is 3.97. The molecule has 9 heteroatoms. The average molecular weight is 315 g/mol. The highest BCUT2D eigenvalue weighted by Gasteiger charge is 2.30. The molecule has 9 heavy (non-hydrogen) atoms. The maximum absolute atomic E-state index is 3.37. The lowest BCUT2D eigenvalue weighted by Gasteiger charge is -2.28. The zero-order valence-electron chi connectivity index (χ0n) is 4.26. The van der Waals surface area contributed by atoms with E-state index in [0.717, 1.165) is 0 Å². The summed E-state index contributed by atoms with van der Waals surface area (Å²) >= 11 is 9.92. The predicted molar refractivity (Wildman–Crippen MR) is 50.9 cm³/mol. The van der Waals surface area contributed by atoms with Gasteiger partial charge >= 0.3 is 5.81 Å². The molecule has 0 bridgehead atoms. The first-order valence-corrected chi connectivity index (χ1v) is 4.50. The molecule has 46 valence electrons. The monoisotopic (exact) mass is 313 g/mol. The maximum Gasteiger partial charge on any atom is 0.389 e. The van der Waals surface area contributed by atoms with Crippen LogP contribution in [0.3, 0.4) is 0 Å². The Bertz CT molecular complexity index is 90.3. The van der Waals surface area contributed by atoms with Gasteiger partial charge in [-0.2, -0.15) is 0 Å². The summed E-state index contributed by atoms with van der Waals surface area (Å²) in [4.78, 5) is 0. The van der Waals surface area contributed by atoms with Gasteiger partial charge in [0.25, 0.3) is 15.1 Å². The minimum absolute atomic E-state index is 0.110. The van der Waals surface area contributed by atoms with Crippen molar-refractivity contribution in [2.24, 2.45) is 0 Å². The minimum Gasteiger partial charge on any atom is -0.378 e. The van der Waals surface area contributed by atoms with Crippen molar-refractivity contribution >= 4 is 69.0 Å². The summed E-state index contributed by atoms with van der Waals surface area (Å²) in [6, 6.07) is 0. The molecule has 0 unspecified atom stereocenters. The van der Waals surface area contributed by atoms with Gasteiger partial charge < -0.3 is 5.14 Å². The van der Waals surface area contributed by atoms with Crippen LogP contribution in [0.2, 0.25) is 0 Å². The third-order valence-electron chi connectivity index (χ3n) is 0.803. The van der Waals surface area contributed by atoms with Crippen LogP contribution in [-0.4, -0.2) is 28.4 Å². The van der Waals surface area contributed by atoms with Crippen LogP contribution >= 0.6 is 48.1 Å². The fraction of sp³-hybridized carbons (Fsp3) is 0. The summed E-state index contributed by atoms with van der Waals surface area (Å²) < 4.78 is 3.59. The Hall–Kier alpha value is 1.51. The van der Waals surface area contributed by atoms with Crippen LogP contribution in [0.15, 0.2) is 0 Å². The SMILES string of the molecule is BrB1N(Br)[B]N[B]N1Br. The van der Waals surface area contributed by atoms with Gasteiger partial charge in [0.1, 0.15) is 0 Å². The Balaban J connectivity index is 2.41. The van der Waals surface area contributed by atoms with Gasteiger partial charge in [-0.1, -0.05) is 0 Å². The fourth-order valence-electron chi connectivity index (χ4n) is 0.404. The molecule has 1 heterocycles. The van der Waals surface area contributed by atoms with Gasteiger partial charge in [0.15, 0.2) is 0 Å². The molecule has 2 radical (unpaired) electrons. The molecule has 1 aliphatic heterocycles. The van der Waals surface area contributed by atoms with Crippen molar-refractivity contribution in [3.63, 3.8) is 0 Å². The Morgan fingerprint density at radius 3 is 2.00 bits per heavy atom. The van der Waals surface area contributed by atoms with Crippen LogP contribution in [0, 0.1) is 0 Å². The lowest BCUT2D eigenvalue weighted by Crippen LogP contribution is -2.57. The first-order chi connectivity index (χ1) is 4.22. The lowest BCUT2D eigenvalue weighted by atomic mass is 9.85. The molecule has 1 fully saturated rings. The zero-order chi connectivity index (χ0) is 6.85. The van der Waals surface area contributed by atoms with Crippen LogP contribution in [0.4, 0.5) is 0 Å². The summed E-state index contributed by atoms with van der Waals surface area (Å²) in [5.74, 6) is 0.110. The van der Waals surface area contributed by atoms with Gasteiger partial charge in [-0.25, -0.2) is 0 Å². The number of hydrogen-bond acceptors (Lipinski definition) is 3. The van der Waals surface area contributed by atoms with Crippen LogP contribution in [0.25, 0.3) is 0 Å². The number of halogens is 3. The number of hydrogen-bond donors (Lipinski definition) is 1. The van der Waals surface area contributed by atoms with E-state index in [2.05, 4.69) is 53.2 Å². The second kappa shape index (κ2) is 3.78. The first-order valence-electron chi connectivity index (χ1n) is 2.17. The molecule has 3 nitrogen and oxygen atoms in total. The van der Waals surface area contributed by atoms with Gasteiger partial charge in [-0.3, -0.25) is 7.50 Å². The highest BCUT2D eigenvalue weighted by atomic mass is 79.9. The molecule has 0 aliphatic carbocycles. The molecule has 1 saturated heterocycles. The minimum atomic E-state index is 0.110. The Labute approximate surface area is 81.2 Å². The molecule has 0 aromatic rings. The molecule has 1 aliphatic rings. The predicted octanol–water partition coefficient (Wildman–Crippen LogP) is 0.262. The van der Waals surface area contributed by atoms with Gasteiger partial charge in [-0.15, -0.1) is 15.8 Å². The average Bonchev–Trinajstić information content (AvgIpc) is 1.83. The summed E-state index contributed by atoms with van der Waals surface area (Å²) in [5.41, 5.74) is 0. The van der Waals surface area contributed by atoms with Gasteiger partial charge in [0, 0.05) is 0 Å². The standard InChI is InChI=1S/B3Br3HN3/c4-3-8(5)1-7-2-9(3)6/h7H. The molecule has 0 spiro atoms. The lowest BCUT2D eigenvalue weighted by molar-refractivity contribution is 0.966. The van der Waals surface area contributed by atoms with Crippen molar-refractivity contribution in [2.75, 3.05) is 0 Å². The van der Waals surface area contributed by atoms with Gasteiger partial charge in [-0.05, 0) is 32.3 Å². The van der Waals surface area contributed by atoms with Crippen LogP contribution in [0.1, 0.15) is 0 Å². The van der Waals surface area contributed by atoms with E-state index in [4.69, 9.17) is 0 Å². The first kappa shape index (κ1) is 8.61. The van der Waals surface area contributed by atoms with Gasteiger partial charge in [0.2, 0.25) is 0 Å². The molecule has 0 amide bonds. The topological polar surface area (TPSA) is 18.5 Å². The Morgan fingerprint density at radius 2 is 1.67 bits per heavy atom. The zero-order valence-corrected chi connectivity index (χ0v) is 9.02.